The molecule has 1 unspecified atom stereocenters. The number of sulfonamides is 1. The molecule has 1 fully saturated rings. The highest BCUT2D eigenvalue weighted by Gasteiger charge is 2.44. The molecule has 1 atom stereocenters. The van der Waals surface area contributed by atoms with E-state index in [1.165, 1.54) is 16.4 Å². The minimum Gasteiger partial charge on any atom is -0.398 e. The Bertz CT molecular complexity index is 705. The van der Waals surface area contributed by atoms with E-state index >= 15 is 0 Å². The fourth-order valence-corrected chi connectivity index (χ4v) is 4.54. The number of hydrogen-bond acceptors (Lipinski definition) is 4. The van der Waals surface area contributed by atoms with E-state index in [0.29, 0.717) is 17.7 Å². The van der Waals surface area contributed by atoms with E-state index in [1.54, 1.807) is 13.8 Å². The monoisotopic (exact) mass is 331 g/mol. The first kappa shape index (κ1) is 16.1. The van der Waals surface area contributed by atoms with Gasteiger partial charge in [-0.15, -0.1) is 0 Å². The van der Waals surface area contributed by atoms with Crippen molar-refractivity contribution in [3.8, 4) is 0 Å². The van der Waals surface area contributed by atoms with E-state index in [9.17, 15) is 13.2 Å². The molecule has 6 nitrogen and oxygen atoms in total. The van der Waals surface area contributed by atoms with Crippen LogP contribution in [0.2, 0.25) is 5.02 Å². The number of nitrogen functional groups attached to an aromatic ring is 1. The summed E-state index contributed by atoms with van der Waals surface area (Å²) in [6.45, 7) is 3.61. The van der Waals surface area contributed by atoms with Crippen LogP contribution in [-0.4, -0.2) is 31.7 Å². The highest BCUT2D eigenvalue weighted by atomic mass is 35.5. The lowest BCUT2D eigenvalue weighted by Gasteiger charge is -2.22. The second-order valence-corrected chi connectivity index (χ2v) is 7.97. The summed E-state index contributed by atoms with van der Waals surface area (Å²) in [6.07, 6.45) is 0.399. The summed E-state index contributed by atoms with van der Waals surface area (Å²) < 4.78 is 26.7. The second-order valence-electron chi connectivity index (χ2n) is 5.63. The van der Waals surface area contributed by atoms with Crippen molar-refractivity contribution in [2.45, 2.75) is 25.2 Å². The largest absolute Gasteiger partial charge is 0.398 e. The van der Waals surface area contributed by atoms with Crippen molar-refractivity contribution < 1.29 is 13.2 Å². The fraction of sp³-hybridized carbons (Fsp3) is 0.462. The molecule has 8 heteroatoms. The molecule has 1 saturated heterocycles. The summed E-state index contributed by atoms with van der Waals surface area (Å²) in [6, 6.07) is 2.88. The molecule has 0 spiro atoms. The molecule has 0 aromatic heterocycles. The van der Waals surface area contributed by atoms with Crippen molar-refractivity contribution in [3.05, 3.63) is 22.7 Å². The van der Waals surface area contributed by atoms with Gasteiger partial charge in [0.25, 0.3) is 0 Å². The lowest BCUT2D eigenvalue weighted by atomic mass is 9.89. The van der Waals surface area contributed by atoms with E-state index in [1.807, 2.05) is 0 Å². The molecular weight excluding hydrogens is 314 g/mol. The molecule has 1 aliphatic heterocycles. The zero-order valence-electron chi connectivity index (χ0n) is 11.9. The Hall–Kier alpha value is -1.31. The van der Waals surface area contributed by atoms with Gasteiger partial charge in [-0.25, -0.2) is 8.42 Å². The molecule has 2 rings (SSSR count). The minimum absolute atomic E-state index is 0.0660. The van der Waals surface area contributed by atoms with Gasteiger partial charge in [-0.05, 0) is 38.0 Å². The topological polar surface area (TPSA) is 106 Å². The average Bonchev–Trinajstić information content (AvgIpc) is 2.78. The van der Waals surface area contributed by atoms with Gasteiger partial charge in [0.05, 0.1) is 10.3 Å². The van der Waals surface area contributed by atoms with E-state index in [4.69, 9.17) is 23.1 Å². The summed E-state index contributed by atoms with van der Waals surface area (Å²) in [5.41, 5.74) is 11.1. The number of nitrogens with two attached hydrogens (primary N) is 2. The molecule has 1 aliphatic rings. The molecular formula is C13H18ClN3O3S. The molecule has 0 saturated carbocycles. The first-order valence-electron chi connectivity index (χ1n) is 6.43. The number of amides is 1. The van der Waals surface area contributed by atoms with Gasteiger partial charge >= 0.3 is 0 Å². The van der Waals surface area contributed by atoms with Crippen LogP contribution in [0.25, 0.3) is 0 Å². The Labute approximate surface area is 129 Å². The number of benzene rings is 1. The van der Waals surface area contributed by atoms with Gasteiger partial charge in [0, 0.05) is 23.8 Å². The van der Waals surface area contributed by atoms with Gasteiger partial charge in [0.15, 0.2) is 0 Å². The van der Waals surface area contributed by atoms with Crippen molar-refractivity contribution >= 4 is 33.2 Å². The average molecular weight is 332 g/mol. The molecule has 0 aliphatic carbocycles. The number of carbonyl (C=O) groups is 1. The third kappa shape index (κ3) is 2.73. The van der Waals surface area contributed by atoms with Crippen molar-refractivity contribution in [2.75, 3.05) is 18.8 Å². The SMILES string of the molecule is Cc1c(N)cc(Cl)cc1S(=O)(=O)N1CCC(C)(C(N)=O)C1. The van der Waals surface area contributed by atoms with Gasteiger partial charge < -0.3 is 11.5 Å². The van der Waals surface area contributed by atoms with E-state index in [0.717, 1.165) is 0 Å². The maximum Gasteiger partial charge on any atom is 0.243 e. The van der Waals surface area contributed by atoms with Crippen LogP contribution in [-0.2, 0) is 14.8 Å². The number of nitrogens with zero attached hydrogens (tertiary/aromatic N) is 1. The Morgan fingerprint density at radius 1 is 1.43 bits per heavy atom. The van der Waals surface area contributed by atoms with E-state index in [2.05, 4.69) is 0 Å². The number of anilines is 1. The van der Waals surface area contributed by atoms with Crippen LogP contribution in [0.5, 0.6) is 0 Å². The lowest BCUT2D eigenvalue weighted by Crippen LogP contribution is -2.38. The first-order chi connectivity index (χ1) is 9.58. The molecule has 1 heterocycles. The molecule has 1 aromatic carbocycles. The van der Waals surface area contributed by atoms with Crippen LogP contribution in [0.15, 0.2) is 17.0 Å². The fourth-order valence-electron chi connectivity index (χ4n) is 2.41. The summed E-state index contributed by atoms with van der Waals surface area (Å²) in [4.78, 5) is 11.5. The van der Waals surface area contributed by atoms with Crippen LogP contribution in [0, 0.1) is 12.3 Å². The normalized spacial score (nSPS) is 23.4. The molecule has 116 valence electrons. The zero-order valence-corrected chi connectivity index (χ0v) is 13.5. The van der Waals surface area contributed by atoms with Gasteiger partial charge in [0.2, 0.25) is 15.9 Å². The Kier molecular flexibility index (Phi) is 3.94. The van der Waals surface area contributed by atoms with Crippen molar-refractivity contribution in [1.29, 1.82) is 0 Å². The maximum atomic E-state index is 12.7. The van der Waals surface area contributed by atoms with Crippen LogP contribution in [0.4, 0.5) is 5.69 Å². The highest BCUT2D eigenvalue weighted by molar-refractivity contribution is 7.89. The predicted octanol–water partition coefficient (Wildman–Crippen LogP) is 1.12. The highest BCUT2D eigenvalue weighted by Crippen LogP contribution is 2.35. The van der Waals surface area contributed by atoms with Gasteiger partial charge in [-0.2, -0.15) is 4.31 Å². The van der Waals surface area contributed by atoms with Crippen molar-refractivity contribution in [3.63, 3.8) is 0 Å². The van der Waals surface area contributed by atoms with Crippen LogP contribution in [0.3, 0.4) is 0 Å². The molecule has 0 bridgehead atoms. The first-order valence-corrected chi connectivity index (χ1v) is 8.25. The minimum atomic E-state index is -3.76. The number of rotatable bonds is 3. The standard InChI is InChI=1S/C13H18ClN3O3S/c1-8-10(15)5-9(14)6-11(8)21(19,20)17-4-3-13(2,7-17)12(16)18/h5-6H,3-4,7,15H2,1-2H3,(H2,16,18). The quantitative estimate of drug-likeness (QED) is 0.809. The maximum absolute atomic E-state index is 12.7. The number of halogens is 1. The zero-order chi connectivity index (χ0) is 16.0. The Morgan fingerprint density at radius 2 is 2.05 bits per heavy atom. The Morgan fingerprint density at radius 3 is 2.57 bits per heavy atom. The lowest BCUT2D eigenvalue weighted by molar-refractivity contribution is -0.126. The summed E-state index contributed by atoms with van der Waals surface area (Å²) in [5, 5.41) is 0.258. The van der Waals surface area contributed by atoms with Crippen LogP contribution < -0.4 is 11.5 Å². The number of primary amides is 1. The van der Waals surface area contributed by atoms with Gasteiger partial charge in [-0.3, -0.25) is 4.79 Å². The van der Waals surface area contributed by atoms with Gasteiger partial charge in [-0.1, -0.05) is 11.6 Å². The molecule has 21 heavy (non-hydrogen) atoms. The summed E-state index contributed by atoms with van der Waals surface area (Å²) >= 11 is 5.90. The Balaban J connectivity index is 2.43. The predicted molar refractivity (Wildman–Crippen MR) is 81.3 cm³/mol. The van der Waals surface area contributed by atoms with E-state index < -0.39 is 21.3 Å². The van der Waals surface area contributed by atoms with Crippen LogP contribution in [0.1, 0.15) is 18.9 Å². The molecule has 1 amide bonds. The summed E-state index contributed by atoms with van der Waals surface area (Å²) in [5.74, 6) is -0.498. The number of carbonyl (C=O) groups excluding carboxylic acids is 1. The van der Waals surface area contributed by atoms with Crippen molar-refractivity contribution in [1.82, 2.24) is 4.31 Å². The second kappa shape index (κ2) is 5.15. The smallest absolute Gasteiger partial charge is 0.243 e. The third-order valence-electron chi connectivity index (χ3n) is 4.02. The van der Waals surface area contributed by atoms with Gasteiger partial charge in [0.1, 0.15) is 0 Å². The molecule has 4 N–H and O–H groups in total. The third-order valence-corrected chi connectivity index (χ3v) is 6.21. The molecule has 0 radical (unpaired) electrons. The number of hydrogen-bond donors (Lipinski definition) is 2. The van der Waals surface area contributed by atoms with Crippen LogP contribution >= 0.6 is 11.6 Å². The molecule has 1 aromatic rings. The van der Waals surface area contributed by atoms with Crippen molar-refractivity contribution in [2.24, 2.45) is 11.1 Å². The summed E-state index contributed by atoms with van der Waals surface area (Å²) in [7, 11) is -3.76. The van der Waals surface area contributed by atoms with E-state index in [-0.39, 0.29) is 23.0 Å².